The second kappa shape index (κ2) is 8.75. The maximum Gasteiger partial charge on any atom is 0.220 e. The van der Waals surface area contributed by atoms with Crippen molar-refractivity contribution in [1.82, 2.24) is 9.62 Å². The zero-order valence-electron chi connectivity index (χ0n) is 16.3. The Morgan fingerprint density at radius 2 is 2.00 bits per heavy atom. The fourth-order valence-corrected chi connectivity index (χ4v) is 3.99. The van der Waals surface area contributed by atoms with Crippen LogP contribution in [0.25, 0.3) is 0 Å². The van der Waals surface area contributed by atoms with Gasteiger partial charge in [0, 0.05) is 31.6 Å². The van der Waals surface area contributed by atoms with Crippen LogP contribution in [0, 0.1) is 6.92 Å². The fourth-order valence-electron chi connectivity index (χ4n) is 3.21. The molecule has 2 aromatic carbocycles. The molecule has 0 unspecified atom stereocenters. The van der Waals surface area contributed by atoms with E-state index in [1.54, 1.807) is 0 Å². The quantitative estimate of drug-likeness (QED) is 0.805. The van der Waals surface area contributed by atoms with Crippen molar-refractivity contribution in [2.24, 2.45) is 0 Å². The summed E-state index contributed by atoms with van der Waals surface area (Å²) in [4.78, 5) is 12.2. The molecule has 0 saturated carbocycles. The standard InChI is InChI=1S/C21H26N2O4S/c1-16-5-3-4-6-18(16)14-22-21(24)10-8-17-7-9-20-19(13-17)15-23(11-12-27-20)28(2,25)26/h3-7,9,13H,8,10-12,14-15H2,1-2H3,(H,22,24). The topological polar surface area (TPSA) is 75.7 Å². The van der Waals surface area contributed by atoms with Crippen LogP contribution >= 0.6 is 0 Å². The number of carbonyl (C=O) groups excluding carboxylic acids is 1. The molecule has 0 spiro atoms. The lowest BCUT2D eigenvalue weighted by molar-refractivity contribution is -0.121. The highest BCUT2D eigenvalue weighted by molar-refractivity contribution is 7.88. The Morgan fingerprint density at radius 1 is 1.21 bits per heavy atom. The molecule has 0 aromatic heterocycles. The van der Waals surface area contributed by atoms with Gasteiger partial charge >= 0.3 is 0 Å². The third-order valence-corrected chi connectivity index (χ3v) is 6.17. The third kappa shape index (κ3) is 5.33. The first-order valence-electron chi connectivity index (χ1n) is 9.34. The van der Waals surface area contributed by atoms with Gasteiger partial charge in [0.05, 0.1) is 6.26 Å². The lowest BCUT2D eigenvalue weighted by Gasteiger charge is -2.16. The molecular weight excluding hydrogens is 376 g/mol. The lowest BCUT2D eigenvalue weighted by Crippen LogP contribution is -2.31. The van der Waals surface area contributed by atoms with E-state index in [2.05, 4.69) is 5.32 Å². The van der Waals surface area contributed by atoms with Crippen LogP contribution in [0.15, 0.2) is 42.5 Å². The van der Waals surface area contributed by atoms with Crippen LogP contribution in [-0.2, 0) is 34.3 Å². The van der Waals surface area contributed by atoms with E-state index in [9.17, 15) is 13.2 Å². The van der Waals surface area contributed by atoms with Gasteiger partial charge in [0.15, 0.2) is 0 Å². The number of benzene rings is 2. The Bertz CT molecular complexity index is 957. The average molecular weight is 403 g/mol. The van der Waals surface area contributed by atoms with Crippen LogP contribution < -0.4 is 10.1 Å². The Hall–Kier alpha value is -2.38. The van der Waals surface area contributed by atoms with E-state index in [4.69, 9.17) is 4.74 Å². The molecule has 1 N–H and O–H groups in total. The highest BCUT2D eigenvalue weighted by Gasteiger charge is 2.22. The molecule has 0 bridgehead atoms. The molecule has 0 aliphatic carbocycles. The number of amides is 1. The number of aryl methyl sites for hydroxylation is 2. The van der Waals surface area contributed by atoms with Crippen molar-refractivity contribution >= 4 is 15.9 Å². The average Bonchev–Trinajstić information content (AvgIpc) is 2.87. The minimum Gasteiger partial charge on any atom is -0.492 e. The van der Waals surface area contributed by atoms with Crippen molar-refractivity contribution in [1.29, 1.82) is 0 Å². The summed E-state index contributed by atoms with van der Waals surface area (Å²) >= 11 is 0. The first kappa shape index (κ1) is 20.4. The molecule has 28 heavy (non-hydrogen) atoms. The van der Waals surface area contributed by atoms with Crippen LogP contribution in [-0.4, -0.2) is 38.0 Å². The van der Waals surface area contributed by atoms with E-state index in [1.807, 2.05) is 49.4 Å². The molecule has 7 heteroatoms. The van der Waals surface area contributed by atoms with Gasteiger partial charge in [-0.1, -0.05) is 36.4 Å². The van der Waals surface area contributed by atoms with Gasteiger partial charge in [-0.3, -0.25) is 4.79 Å². The fraction of sp³-hybridized carbons (Fsp3) is 0.381. The Morgan fingerprint density at radius 3 is 2.75 bits per heavy atom. The summed E-state index contributed by atoms with van der Waals surface area (Å²) in [5.41, 5.74) is 4.09. The second-order valence-corrected chi connectivity index (χ2v) is 9.07. The van der Waals surface area contributed by atoms with Gasteiger partial charge in [-0.05, 0) is 36.1 Å². The number of nitrogens with zero attached hydrogens (tertiary/aromatic N) is 1. The zero-order chi connectivity index (χ0) is 20.1. The number of rotatable bonds is 6. The van der Waals surface area contributed by atoms with Crippen LogP contribution in [0.4, 0.5) is 0 Å². The Balaban J connectivity index is 1.59. The molecule has 1 amide bonds. The van der Waals surface area contributed by atoms with Gasteiger partial charge in [-0.2, -0.15) is 4.31 Å². The van der Waals surface area contributed by atoms with Gasteiger partial charge in [-0.25, -0.2) is 8.42 Å². The highest BCUT2D eigenvalue weighted by atomic mass is 32.2. The van der Waals surface area contributed by atoms with Gasteiger partial charge in [-0.15, -0.1) is 0 Å². The van der Waals surface area contributed by atoms with Crippen LogP contribution in [0.2, 0.25) is 0 Å². The number of carbonyl (C=O) groups is 1. The largest absolute Gasteiger partial charge is 0.492 e. The van der Waals surface area contributed by atoms with Gasteiger partial charge < -0.3 is 10.1 Å². The summed E-state index contributed by atoms with van der Waals surface area (Å²) in [5.74, 6) is 0.700. The number of ether oxygens (including phenoxy) is 1. The maximum atomic E-state index is 12.2. The Kier molecular flexibility index (Phi) is 6.36. The summed E-state index contributed by atoms with van der Waals surface area (Å²) in [5, 5.41) is 2.96. The van der Waals surface area contributed by atoms with Crippen molar-refractivity contribution < 1.29 is 17.9 Å². The van der Waals surface area contributed by atoms with E-state index in [-0.39, 0.29) is 5.91 Å². The summed E-state index contributed by atoms with van der Waals surface area (Å²) < 4.78 is 30.8. The molecule has 1 aliphatic heterocycles. The number of nitrogens with one attached hydrogen (secondary N) is 1. The predicted molar refractivity (Wildman–Crippen MR) is 109 cm³/mol. The van der Waals surface area contributed by atoms with Gasteiger partial charge in [0.25, 0.3) is 0 Å². The van der Waals surface area contributed by atoms with E-state index in [0.717, 1.165) is 22.3 Å². The molecular formula is C21H26N2O4S. The maximum absolute atomic E-state index is 12.2. The third-order valence-electron chi connectivity index (χ3n) is 4.92. The number of fused-ring (bicyclic) bond motifs is 1. The first-order chi connectivity index (χ1) is 13.3. The first-order valence-corrected chi connectivity index (χ1v) is 11.2. The van der Waals surface area contributed by atoms with Crippen LogP contribution in [0.1, 0.15) is 28.7 Å². The Labute approximate surface area is 166 Å². The zero-order valence-corrected chi connectivity index (χ0v) is 17.1. The molecule has 0 fully saturated rings. The van der Waals surface area contributed by atoms with E-state index >= 15 is 0 Å². The number of hydrogen-bond donors (Lipinski definition) is 1. The molecule has 0 atom stereocenters. The van der Waals surface area contributed by atoms with Gasteiger partial charge in [0.2, 0.25) is 15.9 Å². The van der Waals surface area contributed by atoms with Crippen molar-refractivity contribution in [3.63, 3.8) is 0 Å². The van der Waals surface area contributed by atoms with Crippen LogP contribution in [0.5, 0.6) is 5.75 Å². The predicted octanol–water partition coefficient (Wildman–Crippen LogP) is 2.40. The molecule has 150 valence electrons. The minimum atomic E-state index is -3.28. The second-order valence-electron chi connectivity index (χ2n) is 7.09. The van der Waals surface area contributed by atoms with Crippen molar-refractivity contribution in [3.8, 4) is 5.75 Å². The van der Waals surface area contributed by atoms with Gasteiger partial charge in [0.1, 0.15) is 12.4 Å². The van der Waals surface area contributed by atoms with E-state index in [0.29, 0.717) is 44.8 Å². The summed E-state index contributed by atoms with van der Waals surface area (Å²) in [6.45, 7) is 3.51. The minimum absolute atomic E-state index is 0.00721. The van der Waals surface area contributed by atoms with Crippen LogP contribution in [0.3, 0.4) is 0 Å². The monoisotopic (exact) mass is 402 g/mol. The molecule has 2 aromatic rings. The smallest absolute Gasteiger partial charge is 0.220 e. The molecule has 3 rings (SSSR count). The SMILES string of the molecule is Cc1ccccc1CNC(=O)CCc1ccc2c(c1)CN(S(C)(=O)=O)CCO2. The van der Waals surface area contributed by atoms with Crippen molar-refractivity contribution in [3.05, 3.63) is 64.7 Å². The highest BCUT2D eigenvalue weighted by Crippen LogP contribution is 2.26. The van der Waals surface area contributed by atoms with Crippen molar-refractivity contribution in [2.45, 2.75) is 32.9 Å². The van der Waals surface area contributed by atoms with E-state index in [1.165, 1.54) is 10.6 Å². The molecule has 1 aliphatic rings. The molecule has 0 saturated heterocycles. The molecule has 1 heterocycles. The summed E-state index contributed by atoms with van der Waals surface area (Å²) in [6.07, 6.45) is 2.17. The molecule has 0 radical (unpaired) electrons. The van der Waals surface area contributed by atoms with Crippen molar-refractivity contribution in [2.75, 3.05) is 19.4 Å². The summed E-state index contributed by atoms with van der Waals surface area (Å²) in [6, 6.07) is 13.7. The normalized spacial score (nSPS) is 14.6. The van der Waals surface area contributed by atoms with E-state index < -0.39 is 10.0 Å². The summed E-state index contributed by atoms with van der Waals surface area (Å²) in [7, 11) is -3.28. The molecule has 6 nitrogen and oxygen atoms in total. The number of hydrogen-bond acceptors (Lipinski definition) is 4. The number of sulfonamides is 1. The lowest BCUT2D eigenvalue weighted by atomic mass is 10.0.